The van der Waals surface area contributed by atoms with Crippen LogP contribution in [0.1, 0.15) is 6.42 Å². The fourth-order valence-electron chi connectivity index (χ4n) is 0.712. The smallest absolute Gasteiger partial charge is 0.268 e. The quantitative estimate of drug-likeness (QED) is 0.271. The van der Waals surface area contributed by atoms with E-state index in [-0.39, 0.29) is 13.2 Å². The van der Waals surface area contributed by atoms with Gasteiger partial charge in [-0.3, -0.25) is 4.57 Å². The van der Waals surface area contributed by atoms with Crippen LogP contribution in [0.2, 0.25) is 0 Å². The van der Waals surface area contributed by atoms with Crippen LogP contribution in [-0.2, 0) is 13.6 Å². The van der Waals surface area contributed by atoms with Gasteiger partial charge in [-0.05, 0) is 6.42 Å². The van der Waals surface area contributed by atoms with Crippen molar-refractivity contribution in [2.75, 3.05) is 40.9 Å². The molecule has 0 saturated carbocycles. The normalized spacial score (nSPS) is 16.0. The Morgan fingerprint density at radius 1 is 1.33 bits per heavy atom. The molecule has 0 N–H and O–H groups in total. The molecular weight excluding hydrogens is 217 g/mol. The lowest BCUT2D eigenvalue weighted by Gasteiger charge is -2.27. The molecule has 0 spiro atoms. The van der Waals surface area contributed by atoms with Crippen molar-refractivity contribution in [3.8, 4) is 0 Å². The van der Waals surface area contributed by atoms with E-state index in [1.54, 1.807) is 6.08 Å². The predicted molar refractivity (Wildman–Crippen MR) is 57.2 cm³/mol. The lowest BCUT2D eigenvalue weighted by Crippen LogP contribution is -2.37. The Kier molecular flexibility index (Phi) is 6.32. The van der Waals surface area contributed by atoms with E-state index in [1.165, 1.54) is 0 Å². The van der Waals surface area contributed by atoms with Crippen molar-refractivity contribution in [2.24, 2.45) is 0 Å². The molecular formula is C9H20NO4P. The highest BCUT2D eigenvalue weighted by molar-refractivity contribution is 7.45. The molecule has 0 aliphatic carbocycles. The molecule has 15 heavy (non-hydrogen) atoms. The lowest BCUT2D eigenvalue weighted by molar-refractivity contribution is -0.870. The van der Waals surface area contributed by atoms with Gasteiger partial charge in [0.15, 0.2) is 0 Å². The summed E-state index contributed by atoms with van der Waals surface area (Å²) >= 11 is 0. The molecule has 5 nitrogen and oxygen atoms in total. The third kappa shape index (κ3) is 10.1. The zero-order valence-electron chi connectivity index (χ0n) is 9.64. The van der Waals surface area contributed by atoms with Gasteiger partial charge in [0.1, 0.15) is 13.2 Å². The van der Waals surface area contributed by atoms with Crippen LogP contribution >= 0.6 is 7.82 Å². The van der Waals surface area contributed by atoms with Crippen LogP contribution < -0.4 is 4.89 Å². The maximum Gasteiger partial charge on any atom is 0.268 e. The molecule has 0 amide bonds. The summed E-state index contributed by atoms with van der Waals surface area (Å²) in [5, 5.41) is 0. The molecule has 0 heterocycles. The molecule has 0 aromatic heterocycles. The van der Waals surface area contributed by atoms with Crippen molar-refractivity contribution in [3.05, 3.63) is 12.7 Å². The van der Waals surface area contributed by atoms with Crippen LogP contribution in [0.5, 0.6) is 0 Å². The van der Waals surface area contributed by atoms with Gasteiger partial charge in [0.2, 0.25) is 0 Å². The van der Waals surface area contributed by atoms with Gasteiger partial charge in [0.25, 0.3) is 7.82 Å². The van der Waals surface area contributed by atoms with Gasteiger partial charge < -0.3 is 18.4 Å². The predicted octanol–water partition coefficient (Wildman–Crippen LogP) is 0.770. The monoisotopic (exact) mass is 237 g/mol. The van der Waals surface area contributed by atoms with E-state index in [0.29, 0.717) is 17.4 Å². The summed E-state index contributed by atoms with van der Waals surface area (Å²) in [6.07, 6.45) is 2.08. The molecule has 90 valence electrons. The zero-order chi connectivity index (χ0) is 11.9. The number of nitrogens with zero attached hydrogens (tertiary/aromatic N) is 1. The Morgan fingerprint density at radius 2 is 1.87 bits per heavy atom. The van der Waals surface area contributed by atoms with Crippen molar-refractivity contribution in [1.82, 2.24) is 0 Å². The Labute approximate surface area is 91.5 Å². The Morgan fingerprint density at radius 3 is 2.33 bits per heavy atom. The summed E-state index contributed by atoms with van der Waals surface area (Å²) in [5.74, 6) is 0. The fourth-order valence-corrected chi connectivity index (χ4v) is 1.42. The third-order valence-corrected chi connectivity index (χ3v) is 2.58. The Balaban J connectivity index is 3.74. The van der Waals surface area contributed by atoms with E-state index in [4.69, 9.17) is 0 Å². The second-order valence-electron chi connectivity index (χ2n) is 4.20. The van der Waals surface area contributed by atoms with Crippen molar-refractivity contribution < 1.29 is 23.0 Å². The first kappa shape index (κ1) is 14.8. The second kappa shape index (κ2) is 6.40. The van der Waals surface area contributed by atoms with E-state index >= 15 is 0 Å². The van der Waals surface area contributed by atoms with Gasteiger partial charge in [-0.25, -0.2) is 0 Å². The molecule has 0 fully saturated rings. The van der Waals surface area contributed by atoms with E-state index in [0.717, 1.165) is 0 Å². The number of hydrogen-bond acceptors (Lipinski definition) is 4. The van der Waals surface area contributed by atoms with Crippen LogP contribution in [0.3, 0.4) is 0 Å². The number of phosphoric ester groups is 1. The van der Waals surface area contributed by atoms with Crippen LogP contribution in [0, 0.1) is 0 Å². The average Bonchev–Trinajstić information content (AvgIpc) is 2.01. The summed E-state index contributed by atoms with van der Waals surface area (Å²) in [6, 6.07) is 0. The van der Waals surface area contributed by atoms with Gasteiger partial charge >= 0.3 is 0 Å². The van der Waals surface area contributed by atoms with Gasteiger partial charge in [-0.1, -0.05) is 6.08 Å². The van der Waals surface area contributed by atoms with E-state index in [9.17, 15) is 9.46 Å². The molecule has 1 atom stereocenters. The fraction of sp³-hybridized carbons (Fsp3) is 0.778. The number of likely N-dealkylation sites (N-methyl/N-ethyl adjacent to an activating group) is 1. The molecule has 0 radical (unpaired) electrons. The van der Waals surface area contributed by atoms with Gasteiger partial charge in [0.05, 0.1) is 27.7 Å². The van der Waals surface area contributed by atoms with E-state index < -0.39 is 7.82 Å². The van der Waals surface area contributed by atoms with Crippen molar-refractivity contribution >= 4 is 7.82 Å². The first-order valence-electron chi connectivity index (χ1n) is 4.78. The SMILES string of the molecule is C=CCCOP(=O)([O-])OCC[N+](C)(C)C. The lowest BCUT2D eigenvalue weighted by atomic mass is 10.5. The number of hydrogen-bond donors (Lipinski definition) is 0. The maximum atomic E-state index is 11.1. The molecule has 0 aromatic carbocycles. The number of rotatable bonds is 8. The second-order valence-corrected chi connectivity index (χ2v) is 5.62. The van der Waals surface area contributed by atoms with Crippen molar-refractivity contribution in [3.63, 3.8) is 0 Å². The molecule has 0 saturated heterocycles. The third-order valence-electron chi connectivity index (χ3n) is 1.58. The maximum absolute atomic E-state index is 11.1. The summed E-state index contributed by atoms with van der Waals surface area (Å²) in [4.78, 5) is 11.1. The van der Waals surface area contributed by atoms with E-state index in [1.807, 2.05) is 21.1 Å². The summed E-state index contributed by atoms with van der Waals surface area (Å²) in [5.41, 5.74) is 0. The molecule has 0 bridgehead atoms. The minimum Gasteiger partial charge on any atom is -0.756 e. The van der Waals surface area contributed by atoms with E-state index in [2.05, 4.69) is 15.6 Å². The largest absolute Gasteiger partial charge is 0.756 e. The van der Waals surface area contributed by atoms with Crippen LogP contribution in [0.4, 0.5) is 0 Å². The first-order valence-corrected chi connectivity index (χ1v) is 6.24. The first-order chi connectivity index (χ1) is 6.77. The Hall–Kier alpha value is -0.190. The molecule has 0 aliphatic rings. The van der Waals surface area contributed by atoms with Crippen molar-refractivity contribution in [2.45, 2.75) is 6.42 Å². The highest BCUT2D eigenvalue weighted by atomic mass is 31.2. The molecule has 0 aliphatic heterocycles. The standard InChI is InChI=1S/C9H20NO4P/c1-5-6-8-13-15(11,12)14-9-7-10(2,3)4/h5H,1,6-9H2,2-4H3. The highest BCUT2D eigenvalue weighted by Crippen LogP contribution is 2.38. The molecule has 1 unspecified atom stereocenters. The van der Waals surface area contributed by atoms with Gasteiger partial charge in [-0.2, -0.15) is 0 Å². The number of phosphoric acid groups is 1. The zero-order valence-corrected chi connectivity index (χ0v) is 10.5. The number of quaternary nitrogens is 1. The minimum absolute atomic E-state index is 0.0919. The highest BCUT2D eigenvalue weighted by Gasteiger charge is 2.12. The molecule has 6 heteroatoms. The van der Waals surface area contributed by atoms with Crippen LogP contribution in [0.25, 0.3) is 0 Å². The van der Waals surface area contributed by atoms with Gasteiger partial charge in [0, 0.05) is 0 Å². The minimum atomic E-state index is -4.12. The average molecular weight is 237 g/mol. The van der Waals surface area contributed by atoms with Crippen molar-refractivity contribution in [1.29, 1.82) is 0 Å². The van der Waals surface area contributed by atoms with Crippen LogP contribution in [0.15, 0.2) is 12.7 Å². The van der Waals surface area contributed by atoms with Gasteiger partial charge in [-0.15, -0.1) is 6.58 Å². The van der Waals surface area contributed by atoms with Crippen LogP contribution in [-0.4, -0.2) is 45.4 Å². The molecule has 0 aromatic rings. The summed E-state index contributed by atoms with van der Waals surface area (Å²) < 4.78 is 21.0. The topological polar surface area (TPSA) is 58.6 Å². The summed E-state index contributed by atoms with van der Waals surface area (Å²) in [6.45, 7) is 4.30. The summed E-state index contributed by atoms with van der Waals surface area (Å²) in [7, 11) is 1.75. The molecule has 0 rings (SSSR count). The Bertz CT molecular complexity index is 237.